The van der Waals surface area contributed by atoms with Gasteiger partial charge >= 0.3 is 0 Å². The fraction of sp³-hybridized carbons (Fsp3) is 0.333. The van der Waals surface area contributed by atoms with Crippen molar-refractivity contribution in [3.05, 3.63) is 29.3 Å². The first-order valence-corrected chi connectivity index (χ1v) is 6.40. The quantitative estimate of drug-likeness (QED) is 0.714. The van der Waals surface area contributed by atoms with Gasteiger partial charge in [-0.1, -0.05) is 5.21 Å². The zero-order chi connectivity index (χ0) is 15.0. The third-order valence-corrected chi connectivity index (χ3v) is 3.22. The second kappa shape index (κ2) is 4.93. The Morgan fingerprint density at radius 3 is 3.00 bits per heavy atom. The molecule has 0 saturated carbocycles. The lowest BCUT2D eigenvalue weighted by Gasteiger charge is -2.09. The molecule has 21 heavy (non-hydrogen) atoms. The van der Waals surface area contributed by atoms with E-state index in [0.717, 1.165) is 16.7 Å². The molecule has 3 rings (SSSR count). The Morgan fingerprint density at radius 2 is 2.29 bits per heavy atom. The molecule has 0 aliphatic heterocycles. The van der Waals surface area contributed by atoms with E-state index in [-0.39, 0.29) is 11.9 Å². The summed E-state index contributed by atoms with van der Waals surface area (Å²) in [5, 5.41) is 21.4. The van der Waals surface area contributed by atoms with E-state index in [1.54, 1.807) is 17.7 Å². The molecule has 0 spiro atoms. The first-order valence-electron chi connectivity index (χ1n) is 6.40. The van der Waals surface area contributed by atoms with Crippen LogP contribution in [-0.2, 0) is 7.05 Å². The Labute approximate surface area is 119 Å². The third-order valence-electron chi connectivity index (χ3n) is 3.22. The van der Waals surface area contributed by atoms with E-state index in [1.165, 1.54) is 6.20 Å². The fourth-order valence-electron chi connectivity index (χ4n) is 2.13. The summed E-state index contributed by atoms with van der Waals surface area (Å²) in [6, 6.07) is 1.44. The molecule has 0 aliphatic rings. The normalized spacial score (nSPS) is 12.5. The number of aryl methyl sites for hydroxylation is 2. The number of nitrogens with zero attached hydrogens (tertiary/aromatic N) is 6. The van der Waals surface area contributed by atoms with Crippen molar-refractivity contribution >= 4 is 16.9 Å². The molecule has 1 unspecified atom stereocenters. The van der Waals surface area contributed by atoms with Crippen LogP contribution >= 0.6 is 0 Å². The Hall–Kier alpha value is -2.84. The van der Waals surface area contributed by atoms with Crippen molar-refractivity contribution < 1.29 is 4.79 Å². The molecule has 0 aromatic carbocycles. The van der Waals surface area contributed by atoms with Crippen LogP contribution in [0, 0.1) is 6.92 Å². The Kier molecular flexibility index (Phi) is 3.09. The second-order valence-corrected chi connectivity index (χ2v) is 4.77. The molecule has 0 radical (unpaired) electrons. The number of tetrazole rings is 1. The number of rotatable bonds is 3. The largest absolute Gasteiger partial charge is 0.342 e. The van der Waals surface area contributed by atoms with E-state index < -0.39 is 0 Å². The van der Waals surface area contributed by atoms with Crippen LogP contribution in [0.1, 0.15) is 34.8 Å². The van der Waals surface area contributed by atoms with E-state index in [4.69, 9.17) is 0 Å². The minimum atomic E-state index is -0.345. The van der Waals surface area contributed by atoms with Gasteiger partial charge in [0.2, 0.25) is 0 Å². The lowest BCUT2D eigenvalue weighted by Crippen LogP contribution is -2.27. The van der Waals surface area contributed by atoms with Crippen LogP contribution in [0.25, 0.3) is 11.0 Å². The molecule has 0 aliphatic carbocycles. The van der Waals surface area contributed by atoms with Gasteiger partial charge in [-0.2, -0.15) is 10.3 Å². The van der Waals surface area contributed by atoms with Crippen molar-refractivity contribution in [2.45, 2.75) is 19.9 Å². The average Bonchev–Trinajstić information content (AvgIpc) is 3.08. The van der Waals surface area contributed by atoms with E-state index in [1.807, 2.05) is 14.0 Å². The van der Waals surface area contributed by atoms with Gasteiger partial charge in [-0.15, -0.1) is 10.2 Å². The summed E-state index contributed by atoms with van der Waals surface area (Å²) < 4.78 is 1.69. The van der Waals surface area contributed by atoms with Gasteiger partial charge in [0.1, 0.15) is 0 Å². The molecule has 0 bridgehead atoms. The van der Waals surface area contributed by atoms with Gasteiger partial charge in [0, 0.05) is 18.6 Å². The van der Waals surface area contributed by atoms with Crippen molar-refractivity contribution in [2.24, 2.45) is 7.05 Å². The number of amides is 1. The number of hydrogen-bond acceptors (Lipinski definition) is 6. The van der Waals surface area contributed by atoms with Crippen molar-refractivity contribution in [3.8, 4) is 0 Å². The number of aromatic amines is 1. The summed E-state index contributed by atoms with van der Waals surface area (Å²) in [5.41, 5.74) is 2.05. The lowest BCUT2D eigenvalue weighted by atomic mass is 10.2. The molecule has 9 nitrogen and oxygen atoms in total. The third kappa shape index (κ3) is 2.33. The smallest absolute Gasteiger partial charge is 0.253 e. The van der Waals surface area contributed by atoms with Gasteiger partial charge in [-0.05, 0) is 19.9 Å². The maximum atomic E-state index is 12.2. The zero-order valence-electron chi connectivity index (χ0n) is 11.8. The number of carbonyl (C=O) groups excluding carboxylic acids is 1. The minimum Gasteiger partial charge on any atom is -0.342 e. The number of hydrogen-bond donors (Lipinski definition) is 2. The zero-order valence-corrected chi connectivity index (χ0v) is 11.8. The van der Waals surface area contributed by atoms with E-state index in [9.17, 15) is 4.79 Å². The SMILES string of the molecule is Cc1nn(C)c2ncc(C(=O)NC(C)c3nn[nH]n3)cc12. The number of fused-ring (bicyclic) bond motifs is 1. The standard InChI is InChI=1S/C12H14N8O/c1-6-9-4-8(5-13-11(9)20(3)17-6)12(21)14-7(2)10-15-18-19-16-10/h4-5,7H,1-3H3,(H,14,21)(H,15,16,18,19). The summed E-state index contributed by atoms with van der Waals surface area (Å²) in [4.78, 5) is 16.5. The second-order valence-electron chi connectivity index (χ2n) is 4.77. The number of aromatic nitrogens is 7. The Balaban J connectivity index is 1.86. The number of pyridine rings is 1. The highest BCUT2D eigenvalue weighted by atomic mass is 16.1. The fourth-order valence-corrected chi connectivity index (χ4v) is 2.13. The van der Waals surface area contributed by atoms with E-state index in [0.29, 0.717) is 11.4 Å². The number of H-pyrrole nitrogens is 1. The minimum absolute atomic E-state index is 0.245. The van der Waals surface area contributed by atoms with Crippen molar-refractivity contribution in [1.82, 2.24) is 40.7 Å². The summed E-state index contributed by atoms with van der Waals surface area (Å²) in [5.74, 6) is 0.180. The van der Waals surface area contributed by atoms with Crippen LogP contribution < -0.4 is 5.32 Å². The van der Waals surface area contributed by atoms with Crippen LogP contribution in [0.3, 0.4) is 0 Å². The molecule has 0 saturated heterocycles. The van der Waals surface area contributed by atoms with Crippen LogP contribution in [0.2, 0.25) is 0 Å². The van der Waals surface area contributed by atoms with Gasteiger partial charge in [-0.25, -0.2) is 4.98 Å². The number of carbonyl (C=O) groups is 1. The molecular formula is C12H14N8O. The Bertz CT molecular complexity index is 791. The predicted molar refractivity (Wildman–Crippen MR) is 73.3 cm³/mol. The summed E-state index contributed by atoms with van der Waals surface area (Å²) in [6.45, 7) is 3.66. The van der Waals surface area contributed by atoms with Crippen LogP contribution in [0.5, 0.6) is 0 Å². The maximum Gasteiger partial charge on any atom is 0.253 e. The highest BCUT2D eigenvalue weighted by molar-refractivity contribution is 5.97. The summed E-state index contributed by atoms with van der Waals surface area (Å²) in [6.07, 6.45) is 1.53. The topological polar surface area (TPSA) is 114 Å². The number of nitrogens with one attached hydrogen (secondary N) is 2. The summed E-state index contributed by atoms with van der Waals surface area (Å²) in [7, 11) is 1.82. The molecule has 108 valence electrons. The van der Waals surface area contributed by atoms with E-state index in [2.05, 4.69) is 36.0 Å². The first-order chi connectivity index (χ1) is 10.1. The lowest BCUT2D eigenvalue weighted by molar-refractivity contribution is 0.0938. The van der Waals surface area contributed by atoms with Crippen LogP contribution in [-0.4, -0.2) is 41.3 Å². The first kappa shape index (κ1) is 13.2. The van der Waals surface area contributed by atoms with Crippen molar-refractivity contribution in [1.29, 1.82) is 0 Å². The average molecular weight is 286 g/mol. The van der Waals surface area contributed by atoms with Gasteiger partial charge in [0.05, 0.1) is 17.3 Å². The maximum absolute atomic E-state index is 12.2. The van der Waals surface area contributed by atoms with Gasteiger partial charge in [0.15, 0.2) is 11.5 Å². The van der Waals surface area contributed by atoms with Crippen LogP contribution in [0.4, 0.5) is 0 Å². The molecular weight excluding hydrogens is 272 g/mol. The monoisotopic (exact) mass is 286 g/mol. The molecule has 3 heterocycles. The molecule has 0 fully saturated rings. The highest BCUT2D eigenvalue weighted by Crippen LogP contribution is 2.17. The molecule has 9 heteroatoms. The van der Waals surface area contributed by atoms with Gasteiger partial charge in [-0.3, -0.25) is 9.48 Å². The summed E-state index contributed by atoms with van der Waals surface area (Å²) >= 11 is 0. The molecule has 1 atom stereocenters. The molecule has 3 aromatic heterocycles. The van der Waals surface area contributed by atoms with Gasteiger partial charge in [0.25, 0.3) is 5.91 Å². The molecule has 2 N–H and O–H groups in total. The Morgan fingerprint density at radius 1 is 1.48 bits per heavy atom. The highest BCUT2D eigenvalue weighted by Gasteiger charge is 2.16. The van der Waals surface area contributed by atoms with Crippen LogP contribution in [0.15, 0.2) is 12.3 Å². The van der Waals surface area contributed by atoms with Crippen molar-refractivity contribution in [2.75, 3.05) is 0 Å². The molecule has 3 aromatic rings. The predicted octanol–water partition coefficient (Wildman–Crippen LogP) is 0.281. The molecule has 1 amide bonds. The van der Waals surface area contributed by atoms with E-state index >= 15 is 0 Å². The van der Waals surface area contributed by atoms with Crippen molar-refractivity contribution in [3.63, 3.8) is 0 Å². The van der Waals surface area contributed by atoms with Gasteiger partial charge < -0.3 is 5.32 Å².